The minimum absolute atomic E-state index is 0.398. The van der Waals surface area contributed by atoms with Crippen molar-refractivity contribution in [1.82, 2.24) is 0 Å². The Balaban J connectivity index is 1.99. The van der Waals surface area contributed by atoms with Crippen LogP contribution in [0.4, 0.5) is 26.3 Å². The van der Waals surface area contributed by atoms with Gasteiger partial charge in [0.05, 0.1) is 6.10 Å². The van der Waals surface area contributed by atoms with Crippen molar-refractivity contribution in [1.29, 1.82) is 0 Å². The van der Waals surface area contributed by atoms with Gasteiger partial charge >= 0.3 is 12.4 Å². The minimum Gasteiger partial charge on any atom is -0.388 e. The maximum Gasteiger partial charge on any atom is 0.403 e. The van der Waals surface area contributed by atoms with Crippen LogP contribution in [0, 0.1) is 12.8 Å². The van der Waals surface area contributed by atoms with Crippen LogP contribution >= 0.6 is 0 Å². The van der Waals surface area contributed by atoms with Gasteiger partial charge < -0.3 is 15.3 Å². The molecular formula is C23H24F6O3. The number of aryl methyl sites for hydroxylation is 3. The molecule has 2 aromatic rings. The number of hydrogen-bond acceptors (Lipinski definition) is 3. The normalized spacial score (nSPS) is 14.0. The van der Waals surface area contributed by atoms with Gasteiger partial charge in [0.25, 0.3) is 0 Å². The largest absolute Gasteiger partial charge is 0.403 e. The number of aliphatic hydroxyl groups is 3. The lowest BCUT2D eigenvalue weighted by Crippen LogP contribution is -2.44. The molecule has 0 fully saturated rings. The predicted octanol–water partition coefficient (Wildman–Crippen LogP) is 5.27. The maximum atomic E-state index is 12.7. The van der Waals surface area contributed by atoms with E-state index in [-0.39, 0.29) is 0 Å². The summed E-state index contributed by atoms with van der Waals surface area (Å²) in [6.07, 6.45) is -11.7. The van der Waals surface area contributed by atoms with Gasteiger partial charge in [-0.25, -0.2) is 0 Å². The van der Waals surface area contributed by atoms with Gasteiger partial charge in [-0.05, 0) is 48.4 Å². The zero-order valence-electron chi connectivity index (χ0n) is 17.2. The summed E-state index contributed by atoms with van der Waals surface area (Å²) in [5, 5.41) is 27.7. The Kier molecular flexibility index (Phi) is 8.50. The average molecular weight is 462 g/mol. The first kappa shape index (κ1) is 25.9. The lowest BCUT2D eigenvalue weighted by atomic mass is 9.97. The van der Waals surface area contributed by atoms with Gasteiger partial charge in [-0.3, -0.25) is 0 Å². The highest BCUT2D eigenvalue weighted by atomic mass is 19.4. The molecule has 1 atom stereocenters. The highest BCUT2D eigenvalue weighted by molar-refractivity contribution is 5.55. The summed E-state index contributed by atoms with van der Waals surface area (Å²) in [6.45, 7) is 1.68. The van der Waals surface area contributed by atoms with Crippen molar-refractivity contribution in [3.63, 3.8) is 0 Å². The highest BCUT2D eigenvalue weighted by Gasteiger charge is 2.59. The Hall–Kier alpha value is -2.36. The molecule has 0 radical (unpaired) electrons. The topological polar surface area (TPSA) is 60.7 Å². The molecule has 176 valence electrons. The molecule has 9 heteroatoms. The van der Waals surface area contributed by atoms with Gasteiger partial charge in [-0.15, -0.1) is 0 Å². The molecule has 0 saturated heterocycles. The summed E-state index contributed by atoms with van der Waals surface area (Å²) in [4.78, 5) is 0. The number of aliphatic hydroxyl groups excluding tert-OH is 2. The number of hydrogen-bond donors (Lipinski definition) is 3. The molecule has 0 heterocycles. The second kappa shape index (κ2) is 10.5. The molecular weight excluding hydrogens is 438 g/mol. The van der Waals surface area contributed by atoms with Crippen molar-refractivity contribution in [2.24, 2.45) is 5.92 Å². The Morgan fingerprint density at radius 3 is 1.84 bits per heavy atom. The zero-order valence-corrected chi connectivity index (χ0v) is 17.2. The molecule has 3 nitrogen and oxygen atoms in total. The molecule has 2 aromatic carbocycles. The molecule has 0 aliphatic carbocycles. The number of rotatable bonds is 8. The second-order valence-corrected chi connectivity index (χ2v) is 7.57. The monoisotopic (exact) mass is 462 g/mol. The molecule has 0 saturated carbocycles. The SMILES string of the molecule is Cc1cc(CCCc2ccc(C(O)O)cc2)ccc1C=CC(O)C(C(F)(F)F)C(F)(F)F. The Morgan fingerprint density at radius 2 is 1.34 bits per heavy atom. The van der Waals surface area contributed by atoms with E-state index in [1.165, 1.54) is 0 Å². The van der Waals surface area contributed by atoms with Crippen LogP contribution in [-0.2, 0) is 12.8 Å². The summed E-state index contributed by atoms with van der Waals surface area (Å²) in [6, 6.07) is 12.0. The molecule has 32 heavy (non-hydrogen) atoms. The standard InChI is InChI=1S/C23H24F6O3/c1-14-13-16(4-2-3-15-5-9-18(10-6-15)21(31)32)7-8-17(14)11-12-19(30)20(22(24,25)26)23(27,28)29/h5-13,19-21,30-32H,2-4H2,1H3. The first-order valence-corrected chi connectivity index (χ1v) is 9.83. The van der Waals surface area contributed by atoms with Crippen molar-refractivity contribution in [3.8, 4) is 0 Å². The highest BCUT2D eigenvalue weighted by Crippen LogP contribution is 2.41. The average Bonchev–Trinajstić information content (AvgIpc) is 2.65. The third-order valence-corrected chi connectivity index (χ3v) is 5.06. The minimum atomic E-state index is -5.61. The van der Waals surface area contributed by atoms with Gasteiger partial charge in [0, 0.05) is 5.56 Å². The number of benzene rings is 2. The first-order valence-electron chi connectivity index (χ1n) is 9.83. The second-order valence-electron chi connectivity index (χ2n) is 7.57. The van der Waals surface area contributed by atoms with Gasteiger partial charge in [0.15, 0.2) is 12.2 Å². The Bertz CT molecular complexity index is 887. The van der Waals surface area contributed by atoms with Gasteiger partial charge in [0.1, 0.15) is 0 Å². The summed E-state index contributed by atoms with van der Waals surface area (Å²) >= 11 is 0. The van der Waals surface area contributed by atoms with Crippen LogP contribution in [0.3, 0.4) is 0 Å². The van der Waals surface area contributed by atoms with Gasteiger partial charge in [-0.1, -0.05) is 54.6 Å². The van der Waals surface area contributed by atoms with Crippen LogP contribution in [0.5, 0.6) is 0 Å². The molecule has 0 aromatic heterocycles. The number of alkyl halides is 6. The van der Waals surface area contributed by atoms with Crippen LogP contribution in [0.1, 0.15) is 40.5 Å². The van der Waals surface area contributed by atoms with Crippen LogP contribution in [0.25, 0.3) is 6.08 Å². The van der Waals surface area contributed by atoms with Gasteiger partial charge in [0.2, 0.25) is 0 Å². The predicted molar refractivity (Wildman–Crippen MR) is 107 cm³/mol. The quantitative estimate of drug-likeness (QED) is 0.370. The van der Waals surface area contributed by atoms with Gasteiger partial charge in [-0.2, -0.15) is 26.3 Å². The molecule has 0 spiro atoms. The van der Waals surface area contributed by atoms with Crippen LogP contribution in [0.15, 0.2) is 48.5 Å². The fraction of sp³-hybridized carbons (Fsp3) is 0.391. The van der Waals surface area contributed by atoms with E-state index >= 15 is 0 Å². The molecule has 3 N–H and O–H groups in total. The molecule has 0 aliphatic heterocycles. The van der Waals surface area contributed by atoms with E-state index in [4.69, 9.17) is 10.2 Å². The van der Waals surface area contributed by atoms with Crippen molar-refractivity contribution in [3.05, 3.63) is 76.4 Å². The zero-order chi connectivity index (χ0) is 24.1. The van der Waals surface area contributed by atoms with Crippen LogP contribution in [0.2, 0.25) is 0 Å². The van der Waals surface area contributed by atoms with Crippen LogP contribution < -0.4 is 0 Å². The van der Waals surface area contributed by atoms with E-state index in [1.807, 2.05) is 0 Å². The Morgan fingerprint density at radius 1 is 0.812 bits per heavy atom. The van der Waals surface area contributed by atoms with E-state index in [0.717, 1.165) is 30.0 Å². The summed E-state index contributed by atoms with van der Waals surface area (Å²) in [5.74, 6) is -3.85. The lowest BCUT2D eigenvalue weighted by molar-refractivity contribution is -0.300. The first-order chi connectivity index (χ1) is 14.8. The van der Waals surface area contributed by atoms with Crippen molar-refractivity contribution >= 4 is 6.08 Å². The molecule has 2 rings (SSSR count). The fourth-order valence-corrected chi connectivity index (χ4v) is 3.32. The lowest BCUT2D eigenvalue weighted by Gasteiger charge is -2.25. The van der Waals surface area contributed by atoms with E-state index in [0.29, 0.717) is 29.2 Å². The third-order valence-electron chi connectivity index (χ3n) is 5.06. The molecule has 0 aliphatic rings. The maximum absolute atomic E-state index is 12.7. The fourth-order valence-electron chi connectivity index (χ4n) is 3.32. The number of halogens is 6. The van der Waals surface area contributed by atoms with E-state index in [2.05, 4.69) is 0 Å². The summed E-state index contributed by atoms with van der Waals surface area (Å²) in [7, 11) is 0. The smallest absolute Gasteiger partial charge is 0.388 e. The van der Waals surface area contributed by atoms with Crippen molar-refractivity contribution < 1.29 is 41.7 Å². The Labute approximate surface area is 181 Å². The van der Waals surface area contributed by atoms with E-state index < -0.39 is 30.7 Å². The molecule has 0 bridgehead atoms. The van der Waals surface area contributed by atoms with Crippen LogP contribution in [-0.4, -0.2) is 33.8 Å². The molecule has 1 unspecified atom stereocenters. The summed E-state index contributed by atoms with van der Waals surface area (Å²) in [5.41, 5.74) is 3.43. The third kappa shape index (κ3) is 7.36. The summed E-state index contributed by atoms with van der Waals surface area (Å²) < 4.78 is 76.1. The van der Waals surface area contributed by atoms with E-state index in [9.17, 15) is 31.4 Å². The molecule has 0 amide bonds. The van der Waals surface area contributed by atoms with Crippen molar-refractivity contribution in [2.45, 2.75) is 50.9 Å². The van der Waals surface area contributed by atoms with Crippen molar-refractivity contribution in [2.75, 3.05) is 0 Å². The van der Waals surface area contributed by atoms with E-state index in [1.54, 1.807) is 49.4 Å².